The average molecular weight is 275 g/mol. The van der Waals surface area contributed by atoms with Crippen LogP contribution in [0.15, 0.2) is 12.3 Å². The first-order valence-electron chi connectivity index (χ1n) is 7.80. The van der Waals surface area contributed by atoms with Gasteiger partial charge < -0.3 is 15.1 Å². The summed E-state index contributed by atoms with van der Waals surface area (Å²) in [4.78, 5) is 13.8. The summed E-state index contributed by atoms with van der Waals surface area (Å²) >= 11 is 0. The Morgan fingerprint density at radius 3 is 2.70 bits per heavy atom. The van der Waals surface area contributed by atoms with Crippen LogP contribution in [-0.2, 0) is 6.54 Å². The van der Waals surface area contributed by atoms with E-state index in [-0.39, 0.29) is 0 Å². The fraction of sp³-hybridized carbons (Fsp3) is 0.733. The van der Waals surface area contributed by atoms with Crippen molar-refractivity contribution in [3.05, 3.63) is 18.0 Å². The van der Waals surface area contributed by atoms with Gasteiger partial charge in [0.25, 0.3) is 0 Å². The molecule has 2 fully saturated rings. The Balaban J connectivity index is 1.57. The monoisotopic (exact) mass is 275 g/mol. The SMILES string of the molecule is CN1CCN(c2nccc(CNC3CCCC3)n2)CC1. The number of piperazine rings is 1. The Morgan fingerprint density at radius 2 is 1.95 bits per heavy atom. The zero-order chi connectivity index (χ0) is 13.8. The van der Waals surface area contributed by atoms with Crippen molar-refractivity contribution in [3.63, 3.8) is 0 Å². The second-order valence-electron chi connectivity index (χ2n) is 6.00. The Labute approximate surface area is 121 Å². The van der Waals surface area contributed by atoms with Crippen LogP contribution in [0.5, 0.6) is 0 Å². The van der Waals surface area contributed by atoms with E-state index in [9.17, 15) is 0 Å². The number of aromatic nitrogens is 2. The maximum atomic E-state index is 4.72. The van der Waals surface area contributed by atoms with Gasteiger partial charge in [0.15, 0.2) is 0 Å². The minimum Gasteiger partial charge on any atom is -0.338 e. The van der Waals surface area contributed by atoms with E-state index in [4.69, 9.17) is 4.98 Å². The highest BCUT2D eigenvalue weighted by Crippen LogP contribution is 2.18. The molecule has 0 unspecified atom stereocenters. The summed E-state index contributed by atoms with van der Waals surface area (Å²) in [5, 5.41) is 3.62. The molecule has 1 saturated heterocycles. The van der Waals surface area contributed by atoms with Gasteiger partial charge in [0.2, 0.25) is 5.95 Å². The molecule has 5 nitrogen and oxygen atoms in total. The van der Waals surface area contributed by atoms with E-state index in [1.807, 2.05) is 12.3 Å². The largest absolute Gasteiger partial charge is 0.338 e. The number of hydrogen-bond acceptors (Lipinski definition) is 5. The van der Waals surface area contributed by atoms with Gasteiger partial charge in [0, 0.05) is 45.0 Å². The van der Waals surface area contributed by atoms with Crippen LogP contribution in [-0.4, -0.2) is 54.1 Å². The molecule has 3 rings (SSSR count). The fourth-order valence-electron chi connectivity index (χ4n) is 3.02. The zero-order valence-electron chi connectivity index (χ0n) is 12.4. The van der Waals surface area contributed by atoms with Gasteiger partial charge in [-0.1, -0.05) is 12.8 Å². The van der Waals surface area contributed by atoms with Gasteiger partial charge in [-0.05, 0) is 26.0 Å². The van der Waals surface area contributed by atoms with Crippen LogP contribution >= 0.6 is 0 Å². The highest BCUT2D eigenvalue weighted by Gasteiger charge is 2.17. The minimum absolute atomic E-state index is 0.692. The summed E-state index contributed by atoms with van der Waals surface area (Å²) in [6, 6.07) is 2.72. The summed E-state index contributed by atoms with van der Waals surface area (Å²) in [6.07, 6.45) is 7.26. The molecule has 0 aromatic carbocycles. The van der Waals surface area contributed by atoms with Crippen molar-refractivity contribution in [1.82, 2.24) is 20.2 Å². The van der Waals surface area contributed by atoms with E-state index in [1.54, 1.807) is 0 Å². The van der Waals surface area contributed by atoms with Crippen molar-refractivity contribution >= 4 is 5.95 Å². The number of likely N-dealkylation sites (N-methyl/N-ethyl adjacent to an activating group) is 1. The van der Waals surface area contributed by atoms with Crippen LogP contribution in [0, 0.1) is 0 Å². The van der Waals surface area contributed by atoms with Gasteiger partial charge in [0.1, 0.15) is 0 Å². The predicted molar refractivity (Wildman–Crippen MR) is 80.8 cm³/mol. The Bertz CT molecular complexity index is 422. The molecular formula is C15H25N5. The normalized spacial score (nSPS) is 21.6. The molecule has 2 heterocycles. The van der Waals surface area contributed by atoms with Gasteiger partial charge >= 0.3 is 0 Å². The van der Waals surface area contributed by atoms with E-state index in [1.165, 1.54) is 25.7 Å². The average Bonchev–Trinajstić information content (AvgIpc) is 3.00. The Morgan fingerprint density at radius 1 is 1.20 bits per heavy atom. The van der Waals surface area contributed by atoms with Gasteiger partial charge in [0.05, 0.1) is 5.69 Å². The van der Waals surface area contributed by atoms with Crippen LogP contribution in [0.2, 0.25) is 0 Å². The molecule has 1 aromatic heterocycles. The van der Waals surface area contributed by atoms with E-state index < -0.39 is 0 Å². The molecule has 0 amide bonds. The maximum Gasteiger partial charge on any atom is 0.225 e. The van der Waals surface area contributed by atoms with Crippen molar-refractivity contribution in [2.75, 3.05) is 38.1 Å². The molecule has 110 valence electrons. The van der Waals surface area contributed by atoms with Crippen molar-refractivity contribution in [2.45, 2.75) is 38.3 Å². The van der Waals surface area contributed by atoms with E-state index >= 15 is 0 Å². The third-order valence-electron chi connectivity index (χ3n) is 4.41. The summed E-state index contributed by atoms with van der Waals surface area (Å²) in [5.41, 5.74) is 1.11. The zero-order valence-corrected chi connectivity index (χ0v) is 12.4. The second kappa shape index (κ2) is 6.50. The van der Waals surface area contributed by atoms with Crippen LogP contribution in [0.1, 0.15) is 31.4 Å². The number of anilines is 1. The van der Waals surface area contributed by atoms with Crippen LogP contribution in [0.4, 0.5) is 5.95 Å². The first-order valence-corrected chi connectivity index (χ1v) is 7.80. The first kappa shape index (κ1) is 13.8. The number of nitrogens with zero attached hydrogens (tertiary/aromatic N) is 4. The highest BCUT2D eigenvalue weighted by atomic mass is 15.3. The van der Waals surface area contributed by atoms with E-state index in [0.717, 1.165) is 44.4 Å². The third-order valence-corrected chi connectivity index (χ3v) is 4.41. The van der Waals surface area contributed by atoms with Crippen LogP contribution < -0.4 is 10.2 Å². The van der Waals surface area contributed by atoms with Gasteiger partial charge in [-0.3, -0.25) is 0 Å². The van der Waals surface area contributed by atoms with E-state index in [2.05, 4.69) is 27.1 Å². The molecule has 1 aliphatic carbocycles. The molecule has 2 aliphatic rings. The quantitative estimate of drug-likeness (QED) is 0.896. The smallest absolute Gasteiger partial charge is 0.225 e. The second-order valence-corrected chi connectivity index (χ2v) is 6.00. The molecule has 5 heteroatoms. The molecule has 0 atom stereocenters. The van der Waals surface area contributed by atoms with Crippen molar-refractivity contribution in [2.24, 2.45) is 0 Å². The number of rotatable bonds is 4. The summed E-state index contributed by atoms with van der Waals surface area (Å²) in [6.45, 7) is 5.10. The lowest BCUT2D eigenvalue weighted by Crippen LogP contribution is -2.45. The lowest BCUT2D eigenvalue weighted by Gasteiger charge is -2.32. The van der Waals surface area contributed by atoms with Gasteiger partial charge in [-0.2, -0.15) is 0 Å². The Hall–Kier alpha value is -1.20. The number of hydrogen-bond donors (Lipinski definition) is 1. The first-order chi connectivity index (χ1) is 9.81. The highest BCUT2D eigenvalue weighted by molar-refractivity contribution is 5.31. The van der Waals surface area contributed by atoms with Gasteiger partial charge in [-0.25, -0.2) is 9.97 Å². The van der Waals surface area contributed by atoms with E-state index in [0.29, 0.717) is 6.04 Å². The lowest BCUT2D eigenvalue weighted by atomic mass is 10.2. The minimum atomic E-state index is 0.692. The molecule has 1 aliphatic heterocycles. The molecular weight excluding hydrogens is 250 g/mol. The molecule has 1 N–H and O–H groups in total. The molecule has 1 saturated carbocycles. The third kappa shape index (κ3) is 3.46. The van der Waals surface area contributed by atoms with Crippen molar-refractivity contribution in [3.8, 4) is 0 Å². The Kier molecular flexibility index (Phi) is 4.47. The molecule has 0 spiro atoms. The van der Waals surface area contributed by atoms with Crippen LogP contribution in [0.3, 0.4) is 0 Å². The lowest BCUT2D eigenvalue weighted by molar-refractivity contribution is 0.311. The number of nitrogens with one attached hydrogen (secondary N) is 1. The molecule has 0 radical (unpaired) electrons. The van der Waals surface area contributed by atoms with Gasteiger partial charge in [-0.15, -0.1) is 0 Å². The summed E-state index contributed by atoms with van der Waals surface area (Å²) < 4.78 is 0. The molecule has 1 aromatic rings. The predicted octanol–water partition coefficient (Wildman–Crippen LogP) is 1.26. The fourth-order valence-corrected chi connectivity index (χ4v) is 3.02. The van der Waals surface area contributed by atoms with Crippen molar-refractivity contribution < 1.29 is 0 Å². The standard InChI is InChI=1S/C15H25N5/c1-19-8-10-20(11-9-19)15-16-7-6-14(18-15)12-17-13-4-2-3-5-13/h6-7,13,17H,2-5,8-12H2,1H3. The molecule has 0 bridgehead atoms. The molecule has 20 heavy (non-hydrogen) atoms. The summed E-state index contributed by atoms with van der Waals surface area (Å²) in [5.74, 6) is 0.892. The maximum absolute atomic E-state index is 4.72. The topological polar surface area (TPSA) is 44.3 Å². The van der Waals surface area contributed by atoms with Crippen LogP contribution in [0.25, 0.3) is 0 Å². The summed E-state index contributed by atoms with van der Waals surface area (Å²) in [7, 11) is 2.17. The van der Waals surface area contributed by atoms with Crippen molar-refractivity contribution in [1.29, 1.82) is 0 Å².